The van der Waals surface area contributed by atoms with Crippen LogP contribution in [0.5, 0.6) is 0 Å². The van der Waals surface area contributed by atoms with Crippen LogP contribution in [0.1, 0.15) is 129 Å². The summed E-state index contributed by atoms with van der Waals surface area (Å²) in [7, 11) is 5.91. The van der Waals surface area contributed by atoms with Crippen LogP contribution in [-0.2, 0) is 33.3 Å². The van der Waals surface area contributed by atoms with E-state index in [0.717, 1.165) is 96.3 Å². The fourth-order valence-electron chi connectivity index (χ4n) is 4.93. The molecule has 0 heterocycles. The van der Waals surface area contributed by atoms with Crippen molar-refractivity contribution in [2.75, 3.05) is 47.5 Å². The lowest BCUT2D eigenvalue weighted by atomic mass is 10.1. The van der Waals surface area contributed by atoms with Crippen LogP contribution in [0, 0.1) is 0 Å². The summed E-state index contributed by atoms with van der Waals surface area (Å²) in [6, 6.07) is 0. The van der Waals surface area contributed by atoms with Crippen LogP contribution in [-0.4, -0.2) is 87.4 Å². The van der Waals surface area contributed by atoms with Gasteiger partial charge in [0.05, 0.1) is 34.4 Å². The summed E-state index contributed by atoms with van der Waals surface area (Å²) < 4.78 is 22.5. The lowest BCUT2D eigenvalue weighted by molar-refractivity contribution is -0.870. The van der Waals surface area contributed by atoms with E-state index < -0.39 is 24.3 Å². The molecular weight excluding hydrogens is 695 g/mol. The first kappa shape index (κ1) is 51.5. The van der Waals surface area contributed by atoms with Gasteiger partial charge in [0.25, 0.3) is 6.29 Å². The van der Waals surface area contributed by atoms with Crippen molar-refractivity contribution in [3.8, 4) is 0 Å². The number of hydrogen-bond acceptors (Lipinski definition) is 7. The number of carbonyl (C=O) groups is 3. The van der Waals surface area contributed by atoms with Crippen molar-refractivity contribution in [3.05, 3.63) is 85.1 Å². The third-order valence-electron chi connectivity index (χ3n) is 8.17. The Morgan fingerprint density at radius 1 is 0.564 bits per heavy atom. The number of allylic oxidation sites excluding steroid dienone is 14. The van der Waals surface area contributed by atoms with Gasteiger partial charge in [0.15, 0.2) is 6.10 Å². The molecule has 0 bridgehead atoms. The highest BCUT2D eigenvalue weighted by Crippen LogP contribution is 2.10. The van der Waals surface area contributed by atoms with E-state index in [0.29, 0.717) is 17.4 Å². The van der Waals surface area contributed by atoms with Crippen molar-refractivity contribution in [1.29, 1.82) is 0 Å². The molecule has 0 radical (unpaired) electrons. The van der Waals surface area contributed by atoms with E-state index in [2.05, 4.69) is 98.9 Å². The first-order valence-electron chi connectivity index (χ1n) is 20.8. The topological polar surface area (TPSA) is 108 Å². The van der Waals surface area contributed by atoms with E-state index in [1.807, 2.05) is 21.1 Å². The predicted molar refractivity (Wildman–Crippen MR) is 226 cm³/mol. The molecule has 0 fully saturated rings. The van der Waals surface area contributed by atoms with Crippen LogP contribution < -0.4 is 0 Å². The molecule has 0 aromatic rings. The van der Waals surface area contributed by atoms with E-state index >= 15 is 0 Å². The van der Waals surface area contributed by atoms with Crippen LogP contribution >= 0.6 is 0 Å². The number of carboxylic acid groups (broad SMARTS) is 1. The molecule has 2 atom stereocenters. The molecule has 0 aliphatic rings. The summed E-state index contributed by atoms with van der Waals surface area (Å²) >= 11 is 0. The molecule has 0 aliphatic carbocycles. The molecule has 9 nitrogen and oxygen atoms in total. The number of hydrogen-bond donors (Lipinski definition) is 1. The van der Waals surface area contributed by atoms with Crippen LogP contribution in [0.4, 0.5) is 0 Å². The standard InChI is InChI=1S/C46H75NO8/c1-6-8-10-12-13-14-15-16-17-18-19-20-21-22-23-24-25-26-27-28-29-30-31-33-35-37-44(49)55-42(40-53-43(48)36-34-32-11-9-7-2)41-54-46(45(50)51)52-39-38-47(3,4)5/h8,10,13-14,16-17,19-20,22-23,25-26,28-29,42,46H,6-7,9,11-12,15,18,21,24,27,30-41H2,1-5H3/p+1/b10-8-,14-13-,17-16-,20-19-,23-22-,26-25-,29-28-. The lowest BCUT2D eigenvalue weighted by Gasteiger charge is -2.25. The van der Waals surface area contributed by atoms with E-state index in [4.69, 9.17) is 18.9 Å². The van der Waals surface area contributed by atoms with Gasteiger partial charge in [0.1, 0.15) is 13.2 Å². The Kier molecular flexibility index (Phi) is 35.0. The minimum atomic E-state index is -1.52. The highest BCUT2D eigenvalue weighted by atomic mass is 16.7. The minimum Gasteiger partial charge on any atom is -0.477 e. The van der Waals surface area contributed by atoms with Gasteiger partial charge in [0.2, 0.25) is 0 Å². The van der Waals surface area contributed by atoms with Crippen LogP contribution in [0.3, 0.4) is 0 Å². The van der Waals surface area contributed by atoms with E-state index in [1.54, 1.807) is 0 Å². The Labute approximate surface area is 334 Å². The van der Waals surface area contributed by atoms with Crippen molar-refractivity contribution in [3.63, 3.8) is 0 Å². The maximum absolute atomic E-state index is 12.7. The largest absolute Gasteiger partial charge is 0.477 e. The quantitative estimate of drug-likeness (QED) is 0.0221. The van der Waals surface area contributed by atoms with Gasteiger partial charge < -0.3 is 28.5 Å². The normalized spacial score (nSPS) is 13.8. The predicted octanol–water partition coefficient (Wildman–Crippen LogP) is 10.5. The summed E-state index contributed by atoms with van der Waals surface area (Å²) in [5.41, 5.74) is 0. The number of unbranched alkanes of at least 4 members (excludes halogenated alkanes) is 7. The molecule has 0 aromatic carbocycles. The molecule has 0 spiro atoms. The van der Waals surface area contributed by atoms with Crippen molar-refractivity contribution >= 4 is 17.9 Å². The third kappa shape index (κ3) is 38.5. The molecule has 0 rings (SSSR count). The smallest absolute Gasteiger partial charge is 0.361 e. The summed E-state index contributed by atoms with van der Waals surface area (Å²) in [5.74, 6) is -2.09. The van der Waals surface area contributed by atoms with Crippen molar-refractivity contribution in [2.45, 2.75) is 142 Å². The van der Waals surface area contributed by atoms with Gasteiger partial charge in [-0.15, -0.1) is 0 Å². The van der Waals surface area contributed by atoms with Crippen molar-refractivity contribution in [2.24, 2.45) is 0 Å². The van der Waals surface area contributed by atoms with E-state index in [9.17, 15) is 19.5 Å². The first-order chi connectivity index (χ1) is 26.6. The van der Waals surface area contributed by atoms with Crippen LogP contribution in [0.15, 0.2) is 85.1 Å². The van der Waals surface area contributed by atoms with Gasteiger partial charge in [0, 0.05) is 12.8 Å². The maximum atomic E-state index is 12.7. The van der Waals surface area contributed by atoms with Gasteiger partial charge in [-0.2, -0.15) is 0 Å². The summed E-state index contributed by atoms with van der Waals surface area (Å²) in [5, 5.41) is 9.56. The number of ether oxygens (including phenoxy) is 4. The molecule has 9 heteroatoms. The maximum Gasteiger partial charge on any atom is 0.361 e. The van der Waals surface area contributed by atoms with Crippen molar-refractivity contribution in [1.82, 2.24) is 0 Å². The number of nitrogens with zero attached hydrogens (tertiary/aromatic N) is 1. The van der Waals surface area contributed by atoms with Gasteiger partial charge in [-0.05, 0) is 70.6 Å². The SMILES string of the molecule is CC/C=C\C/C=C\C/C=C\C/C=C\C/C=C\C/C=C\C/C=C\CCCCCC(=O)OC(COC(=O)CCCCCCC)COC(OCC[N+](C)(C)C)C(=O)O. The second-order valence-electron chi connectivity index (χ2n) is 14.6. The molecule has 2 unspecified atom stereocenters. The molecule has 0 saturated carbocycles. The Morgan fingerprint density at radius 3 is 1.53 bits per heavy atom. The van der Waals surface area contributed by atoms with Gasteiger partial charge in [-0.3, -0.25) is 9.59 Å². The first-order valence-corrected chi connectivity index (χ1v) is 20.8. The zero-order chi connectivity index (χ0) is 40.7. The fraction of sp³-hybridized carbons (Fsp3) is 0.630. The van der Waals surface area contributed by atoms with E-state index in [1.165, 1.54) is 0 Å². The number of likely N-dealkylation sites (N-methyl/N-ethyl adjacent to an activating group) is 1. The molecule has 0 aromatic heterocycles. The summed E-state index contributed by atoms with van der Waals surface area (Å²) in [6.45, 7) is 4.58. The number of carbonyl (C=O) groups excluding carboxylic acids is 2. The Hall–Kier alpha value is -3.53. The van der Waals surface area contributed by atoms with Crippen molar-refractivity contribution < 1.29 is 42.9 Å². The number of esters is 2. The minimum absolute atomic E-state index is 0.176. The fourth-order valence-corrected chi connectivity index (χ4v) is 4.93. The van der Waals surface area contributed by atoms with Gasteiger partial charge in [-0.1, -0.05) is 131 Å². The highest BCUT2D eigenvalue weighted by molar-refractivity contribution is 5.71. The number of quaternary nitrogens is 1. The van der Waals surface area contributed by atoms with Crippen LogP contribution in [0.2, 0.25) is 0 Å². The average molecular weight is 771 g/mol. The zero-order valence-electron chi connectivity index (χ0n) is 35.0. The molecule has 1 N–H and O–H groups in total. The third-order valence-corrected chi connectivity index (χ3v) is 8.17. The van der Waals surface area contributed by atoms with Gasteiger partial charge in [-0.25, -0.2) is 4.79 Å². The molecule has 312 valence electrons. The molecule has 0 amide bonds. The Balaban J connectivity index is 4.37. The Morgan fingerprint density at radius 2 is 1.04 bits per heavy atom. The number of carboxylic acids is 1. The summed E-state index contributed by atoms with van der Waals surface area (Å²) in [6.07, 6.45) is 44.1. The molecular formula is C46H76NO8+. The average Bonchev–Trinajstić information content (AvgIpc) is 3.14. The monoisotopic (exact) mass is 771 g/mol. The van der Waals surface area contributed by atoms with E-state index in [-0.39, 0.29) is 38.6 Å². The lowest BCUT2D eigenvalue weighted by Crippen LogP contribution is -2.40. The summed E-state index contributed by atoms with van der Waals surface area (Å²) in [4.78, 5) is 36.7. The molecule has 55 heavy (non-hydrogen) atoms. The van der Waals surface area contributed by atoms with Crippen LogP contribution in [0.25, 0.3) is 0 Å². The molecule has 0 aliphatic heterocycles. The molecule has 0 saturated heterocycles. The van der Waals surface area contributed by atoms with Gasteiger partial charge >= 0.3 is 17.9 Å². The number of aliphatic carboxylic acids is 1. The second-order valence-corrected chi connectivity index (χ2v) is 14.6. The second kappa shape index (κ2) is 37.4. The number of rotatable bonds is 36. The highest BCUT2D eigenvalue weighted by Gasteiger charge is 2.25. The zero-order valence-corrected chi connectivity index (χ0v) is 35.0. The Bertz CT molecular complexity index is 1170.